The van der Waals surface area contributed by atoms with Gasteiger partial charge in [-0.05, 0) is 53.2 Å². The minimum atomic E-state index is 0.503. The molecule has 18 heavy (non-hydrogen) atoms. The Bertz CT molecular complexity index is 381. The highest BCUT2D eigenvalue weighted by molar-refractivity contribution is 8.03. The van der Waals surface area contributed by atoms with Crippen LogP contribution in [0.3, 0.4) is 0 Å². The summed E-state index contributed by atoms with van der Waals surface area (Å²) in [4.78, 5) is 0. The van der Waals surface area contributed by atoms with Crippen molar-refractivity contribution in [1.29, 1.82) is 0 Å². The van der Waals surface area contributed by atoms with E-state index in [1.165, 1.54) is 24.1 Å². The van der Waals surface area contributed by atoms with Crippen LogP contribution in [-0.4, -0.2) is 4.37 Å². The zero-order chi connectivity index (χ0) is 13.5. The summed E-state index contributed by atoms with van der Waals surface area (Å²) >= 11 is 3.21. The molecule has 0 bridgehead atoms. The predicted molar refractivity (Wildman–Crippen MR) is 85.2 cm³/mol. The molecule has 0 atom stereocenters. The third kappa shape index (κ3) is 5.02. The molecular formula is C14H24N2S2. The van der Waals surface area contributed by atoms with Gasteiger partial charge < -0.3 is 4.72 Å². The Kier molecular flexibility index (Phi) is 6.79. The molecule has 1 aromatic heterocycles. The molecule has 1 aromatic rings. The van der Waals surface area contributed by atoms with Crippen molar-refractivity contribution in [2.45, 2.75) is 53.4 Å². The van der Waals surface area contributed by atoms with Gasteiger partial charge in [-0.2, -0.15) is 4.37 Å². The average Bonchev–Trinajstić information content (AvgIpc) is 2.76. The van der Waals surface area contributed by atoms with Crippen molar-refractivity contribution >= 4 is 28.5 Å². The van der Waals surface area contributed by atoms with Crippen LogP contribution in [0.4, 0.5) is 5.00 Å². The number of hydrogen-bond acceptors (Lipinski definition) is 4. The Hall–Kier alpha value is -0.480. The van der Waals surface area contributed by atoms with Crippen LogP contribution in [0.5, 0.6) is 0 Å². The Labute approximate surface area is 120 Å². The molecule has 0 aliphatic heterocycles. The summed E-state index contributed by atoms with van der Waals surface area (Å²) in [5.74, 6) is 1.13. The summed E-state index contributed by atoms with van der Waals surface area (Å²) in [6.07, 6.45) is 2.40. The van der Waals surface area contributed by atoms with Gasteiger partial charge in [0.25, 0.3) is 0 Å². The number of allylic oxidation sites excluding steroid dienone is 1. The number of rotatable bonds is 7. The van der Waals surface area contributed by atoms with Crippen molar-refractivity contribution in [2.75, 3.05) is 4.72 Å². The highest BCUT2D eigenvalue weighted by Gasteiger charge is 2.05. The van der Waals surface area contributed by atoms with E-state index in [4.69, 9.17) is 0 Å². The molecule has 0 saturated heterocycles. The van der Waals surface area contributed by atoms with Gasteiger partial charge in [-0.25, -0.2) is 0 Å². The minimum Gasteiger partial charge on any atom is -0.316 e. The van der Waals surface area contributed by atoms with Crippen LogP contribution in [0.25, 0.3) is 0 Å². The largest absolute Gasteiger partial charge is 0.316 e. The summed E-state index contributed by atoms with van der Waals surface area (Å²) < 4.78 is 7.79. The molecule has 0 aliphatic carbocycles. The number of aromatic nitrogens is 1. The second-order valence-electron chi connectivity index (χ2n) is 5.09. The van der Waals surface area contributed by atoms with Crippen molar-refractivity contribution in [3.05, 3.63) is 22.7 Å². The molecule has 1 N–H and O–H groups in total. The fourth-order valence-corrected chi connectivity index (χ4v) is 3.25. The summed E-state index contributed by atoms with van der Waals surface area (Å²) in [6.45, 7) is 11.1. The summed E-state index contributed by atoms with van der Waals surface area (Å²) in [7, 11) is 0. The minimum absolute atomic E-state index is 0.503. The summed E-state index contributed by atoms with van der Waals surface area (Å²) in [5, 5.41) is 3.39. The highest BCUT2D eigenvalue weighted by atomic mass is 32.2. The van der Waals surface area contributed by atoms with Gasteiger partial charge in [-0.1, -0.05) is 46.6 Å². The van der Waals surface area contributed by atoms with Gasteiger partial charge in [0.1, 0.15) is 5.00 Å². The van der Waals surface area contributed by atoms with Crippen LogP contribution in [-0.2, 0) is 0 Å². The van der Waals surface area contributed by atoms with Crippen molar-refractivity contribution in [3.63, 3.8) is 0 Å². The van der Waals surface area contributed by atoms with E-state index in [0.29, 0.717) is 11.8 Å². The van der Waals surface area contributed by atoms with Crippen molar-refractivity contribution in [1.82, 2.24) is 4.37 Å². The van der Waals surface area contributed by atoms with Gasteiger partial charge in [-0.3, -0.25) is 0 Å². The van der Waals surface area contributed by atoms with E-state index >= 15 is 0 Å². The SMILES string of the molecule is CCC/C(=C\SNc1cc(C(C)C)ns1)C(C)C. The van der Waals surface area contributed by atoms with Crippen molar-refractivity contribution in [3.8, 4) is 0 Å². The summed E-state index contributed by atoms with van der Waals surface area (Å²) in [5.41, 5.74) is 2.69. The lowest BCUT2D eigenvalue weighted by molar-refractivity contribution is 0.704. The quantitative estimate of drug-likeness (QED) is 0.653. The fraction of sp³-hybridized carbons (Fsp3) is 0.643. The number of anilines is 1. The molecule has 0 aromatic carbocycles. The van der Waals surface area contributed by atoms with E-state index in [0.717, 1.165) is 5.00 Å². The van der Waals surface area contributed by atoms with Crippen LogP contribution in [0.15, 0.2) is 17.0 Å². The van der Waals surface area contributed by atoms with E-state index < -0.39 is 0 Å². The first-order valence-corrected chi connectivity index (χ1v) is 8.27. The Morgan fingerprint density at radius 3 is 2.67 bits per heavy atom. The standard InChI is InChI=1S/C14H24N2S2/c1-6-7-12(10(2)3)9-17-16-14-8-13(11(4)5)15-18-14/h8-11,16H,6-7H2,1-5H3/b12-9+. The molecule has 102 valence electrons. The van der Waals surface area contributed by atoms with Crippen molar-refractivity contribution < 1.29 is 0 Å². The molecule has 0 amide bonds. The van der Waals surface area contributed by atoms with Gasteiger partial charge in [0.05, 0.1) is 5.69 Å². The van der Waals surface area contributed by atoms with E-state index in [9.17, 15) is 0 Å². The molecule has 1 rings (SSSR count). The molecule has 1 heterocycles. The van der Waals surface area contributed by atoms with Crippen LogP contribution >= 0.6 is 23.5 Å². The lowest BCUT2D eigenvalue weighted by Gasteiger charge is -2.09. The van der Waals surface area contributed by atoms with E-state index in [2.05, 4.69) is 55.2 Å². The van der Waals surface area contributed by atoms with Crippen LogP contribution < -0.4 is 4.72 Å². The molecule has 0 saturated carbocycles. The zero-order valence-electron chi connectivity index (χ0n) is 12.0. The molecule has 0 fully saturated rings. The Morgan fingerprint density at radius 2 is 2.17 bits per heavy atom. The number of nitrogens with one attached hydrogen (secondary N) is 1. The maximum absolute atomic E-state index is 4.43. The van der Waals surface area contributed by atoms with Gasteiger partial charge in [-0.15, -0.1) is 0 Å². The molecule has 0 unspecified atom stereocenters. The third-order valence-electron chi connectivity index (χ3n) is 2.77. The second-order valence-corrected chi connectivity index (χ2v) is 6.57. The zero-order valence-corrected chi connectivity index (χ0v) is 13.6. The Balaban J connectivity index is 2.50. The van der Waals surface area contributed by atoms with Gasteiger partial charge >= 0.3 is 0 Å². The van der Waals surface area contributed by atoms with Crippen LogP contribution in [0, 0.1) is 5.92 Å². The average molecular weight is 284 g/mol. The lowest BCUT2D eigenvalue weighted by Crippen LogP contribution is -1.93. The van der Waals surface area contributed by atoms with Crippen LogP contribution in [0.1, 0.15) is 59.1 Å². The first-order valence-electron chi connectivity index (χ1n) is 6.61. The first-order chi connectivity index (χ1) is 8.54. The fourth-order valence-electron chi connectivity index (χ4n) is 1.54. The normalized spacial score (nSPS) is 12.5. The topological polar surface area (TPSA) is 24.9 Å². The molecule has 2 nitrogen and oxygen atoms in total. The second kappa shape index (κ2) is 7.85. The predicted octanol–water partition coefficient (Wildman–Crippen LogP) is 5.67. The van der Waals surface area contributed by atoms with E-state index in [1.54, 1.807) is 23.5 Å². The summed E-state index contributed by atoms with van der Waals surface area (Å²) in [6, 6.07) is 2.14. The smallest absolute Gasteiger partial charge is 0.119 e. The van der Waals surface area contributed by atoms with E-state index in [1.807, 2.05) is 0 Å². The molecule has 0 radical (unpaired) electrons. The van der Waals surface area contributed by atoms with Gasteiger partial charge in [0.15, 0.2) is 0 Å². The number of hydrogen-bond donors (Lipinski definition) is 1. The van der Waals surface area contributed by atoms with Crippen molar-refractivity contribution in [2.24, 2.45) is 5.92 Å². The Morgan fingerprint density at radius 1 is 1.44 bits per heavy atom. The first kappa shape index (κ1) is 15.6. The molecular weight excluding hydrogens is 260 g/mol. The molecule has 0 spiro atoms. The highest BCUT2D eigenvalue weighted by Crippen LogP contribution is 2.26. The monoisotopic (exact) mass is 284 g/mol. The maximum atomic E-state index is 4.43. The number of nitrogens with zero attached hydrogens (tertiary/aromatic N) is 1. The van der Waals surface area contributed by atoms with E-state index in [-0.39, 0.29) is 0 Å². The van der Waals surface area contributed by atoms with Crippen LogP contribution in [0.2, 0.25) is 0 Å². The third-order valence-corrected chi connectivity index (χ3v) is 4.38. The maximum Gasteiger partial charge on any atom is 0.119 e. The van der Waals surface area contributed by atoms with Gasteiger partial charge in [0, 0.05) is 0 Å². The molecule has 4 heteroatoms. The molecule has 0 aliphatic rings. The lowest BCUT2D eigenvalue weighted by atomic mass is 10.0. The van der Waals surface area contributed by atoms with Gasteiger partial charge in [0.2, 0.25) is 0 Å².